The summed E-state index contributed by atoms with van der Waals surface area (Å²) in [7, 11) is 0. The van der Waals surface area contributed by atoms with Crippen molar-refractivity contribution in [3.8, 4) is 22.6 Å². The predicted octanol–water partition coefficient (Wildman–Crippen LogP) is 3.96. The van der Waals surface area contributed by atoms with E-state index < -0.39 is 0 Å². The second-order valence-corrected chi connectivity index (χ2v) is 8.84. The fourth-order valence-electron chi connectivity index (χ4n) is 4.74. The van der Waals surface area contributed by atoms with Crippen molar-refractivity contribution in [1.82, 2.24) is 24.4 Å². The van der Waals surface area contributed by atoms with Crippen molar-refractivity contribution in [2.45, 2.75) is 39.2 Å². The number of nitrogens with one attached hydrogen (secondary N) is 1. The van der Waals surface area contributed by atoms with Crippen molar-refractivity contribution in [2.24, 2.45) is 0 Å². The molecule has 7 heteroatoms. The van der Waals surface area contributed by atoms with Crippen LogP contribution in [0.5, 0.6) is 0 Å². The highest BCUT2D eigenvalue weighted by Crippen LogP contribution is 2.38. The van der Waals surface area contributed by atoms with E-state index >= 15 is 0 Å². The Balaban J connectivity index is 1.45. The number of aromatic nitrogens is 4. The molecule has 0 unspecified atom stereocenters. The third kappa shape index (κ3) is 4.40. The first kappa shape index (κ1) is 21.1. The SMILES string of the molecule is Cc1cccc(-c2nc3n(c2-c2ccnc(NCCN4CCOCC4)c2)CCC[C@@H]3C)n1. The van der Waals surface area contributed by atoms with Crippen LogP contribution < -0.4 is 5.32 Å². The number of rotatable bonds is 6. The molecule has 3 aromatic heterocycles. The van der Waals surface area contributed by atoms with Gasteiger partial charge in [-0.05, 0) is 44.0 Å². The lowest BCUT2D eigenvalue weighted by atomic mass is 10.0. The number of ether oxygens (including phenoxy) is 1. The van der Waals surface area contributed by atoms with E-state index in [4.69, 9.17) is 14.7 Å². The van der Waals surface area contributed by atoms with E-state index in [9.17, 15) is 0 Å². The number of pyridine rings is 2. The molecule has 0 spiro atoms. The van der Waals surface area contributed by atoms with Gasteiger partial charge in [0.2, 0.25) is 0 Å². The molecule has 2 aliphatic heterocycles. The maximum atomic E-state index is 5.44. The minimum Gasteiger partial charge on any atom is -0.379 e. The maximum Gasteiger partial charge on any atom is 0.126 e. The summed E-state index contributed by atoms with van der Waals surface area (Å²) in [5, 5.41) is 3.51. The van der Waals surface area contributed by atoms with Gasteiger partial charge in [-0.1, -0.05) is 13.0 Å². The first-order chi connectivity index (χ1) is 15.7. The number of imidazole rings is 1. The molecule has 1 N–H and O–H groups in total. The number of nitrogens with zero attached hydrogens (tertiary/aromatic N) is 5. The average Bonchev–Trinajstić information content (AvgIpc) is 3.21. The Labute approximate surface area is 189 Å². The van der Waals surface area contributed by atoms with Gasteiger partial charge in [0, 0.05) is 56.1 Å². The van der Waals surface area contributed by atoms with Crippen LogP contribution in [0, 0.1) is 6.92 Å². The normalized spacial score (nSPS) is 19.0. The van der Waals surface area contributed by atoms with Gasteiger partial charge >= 0.3 is 0 Å². The zero-order valence-electron chi connectivity index (χ0n) is 19.0. The summed E-state index contributed by atoms with van der Waals surface area (Å²) < 4.78 is 7.84. The highest BCUT2D eigenvalue weighted by Gasteiger charge is 2.26. The molecule has 1 atom stereocenters. The number of morpholine rings is 1. The van der Waals surface area contributed by atoms with E-state index in [1.54, 1.807) is 0 Å². The summed E-state index contributed by atoms with van der Waals surface area (Å²) in [4.78, 5) is 16.9. The van der Waals surface area contributed by atoms with Crippen molar-refractivity contribution in [1.29, 1.82) is 0 Å². The fourth-order valence-corrected chi connectivity index (χ4v) is 4.74. The maximum absolute atomic E-state index is 5.44. The van der Waals surface area contributed by atoms with Crippen molar-refractivity contribution >= 4 is 5.82 Å². The topological polar surface area (TPSA) is 68.1 Å². The molecule has 5 heterocycles. The van der Waals surface area contributed by atoms with Crippen LogP contribution in [-0.2, 0) is 11.3 Å². The summed E-state index contributed by atoms with van der Waals surface area (Å²) in [6.45, 7) is 10.8. The van der Waals surface area contributed by atoms with Gasteiger partial charge in [-0.3, -0.25) is 9.88 Å². The number of fused-ring (bicyclic) bond motifs is 1. The summed E-state index contributed by atoms with van der Waals surface area (Å²) in [6.07, 6.45) is 4.25. The van der Waals surface area contributed by atoms with Gasteiger partial charge in [-0.15, -0.1) is 0 Å². The third-order valence-corrected chi connectivity index (χ3v) is 6.46. The molecule has 0 aromatic carbocycles. The monoisotopic (exact) mass is 432 g/mol. The molecule has 2 aliphatic rings. The molecule has 0 amide bonds. The molecule has 1 saturated heterocycles. The number of hydrogen-bond acceptors (Lipinski definition) is 6. The Hall–Kier alpha value is -2.77. The lowest BCUT2D eigenvalue weighted by molar-refractivity contribution is 0.0398. The van der Waals surface area contributed by atoms with E-state index in [1.807, 2.05) is 19.2 Å². The van der Waals surface area contributed by atoms with Crippen LogP contribution in [0.2, 0.25) is 0 Å². The Morgan fingerprint density at radius 2 is 2.00 bits per heavy atom. The van der Waals surface area contributed by atoms with Gasteiger partial charge in [0.1, 0.15) is 17.3 Å². The van der Waals surface area contributed by atoms with Crippen LogP contribution in [0.1, 0.15) is 37.2 Å². The minimum atomic E-state index is 0.453. The van der Waals surface area contributed by atoms with Crippen LogP contribution in [0.4, 0.5) is 5.82 Å². The summed E-state index contributed by atoms with van der Waals surface area (Å²) in [5.74, 6) is 2.52. The molecule has 0 saturated carbocycles. The molecular weight excluding hydrogens is 400 g/mol. The van der Waals surface area contributed by atoms with E-state index in [0.717, 1.165) is 80.1 Å². The molecule has 0 aliphatic carbocycles. The first-order valence-electron chi connectivity index (χ1n) is 11.7. The molecule has 32 heavy (non-hydrogen) atoms. The van der Waals surface area contributed by atoms with Crippen LogP contribution in [0.15, 0.2) is 36.5 Å². The first-order valence-corrected chi connectivity index (χ1v) is 11.7. The van der Waals surface area contributed by atoms with E-state index in [1.165, 1.54) is 18.7 Å². The fraction of sp³-hybridized carbons (Fsp3) is 0.480. The van der Waals surface area contributed by atoms with Gasteiger partial charge in [-0.25, -0.2) is 9.97 Å². The lowest BCUT2D eigenvalue weighted by Crippen LogP contribution is -2.39. The zero-order valence-corrected chi connectivity index (χ0v) is 19.0. The van der Waals surface area contributed by atoms with E-state index in [2.05, 4.69) is 51.0 Å². The zero-order chi connectivity index (χ0) is 21.9. The van der Waals surface area contributed by atoms with Gasteiger partial charge in [0.25, 0.3) is 0 Å². The number of anilines is 1. The Morgan fingerprint density at radius 1 is 1.12 bits per heavy atom. The second kappa shape index (κ2) is 9.38. The van der Waals surface area contributed by atoms with E-state index in [-0.39, 0.29) is 0 Å². The largest absolute Gasteiger partial charge is 0.379 e. The lowest BCUT2D eigenvalue weighted by Gasteiger charge is -2.26. The summed E-state index contributed by atoms with van der Waals surface area (Å²) in [5.41, 5.74) is 5.21. The minimum absolute atomic E-state index is 0.453. The molecule has 3 aromatic rings. The van der Waals surface area contributed by atoms with Crippen LogP contribution >= 0.6 is 0 Å². The van der Waals surface area contributed by atoms with Crippen LogP contribution in [0.3, 0.4) is 0 Å². The number of hydrogen-bond donors (Lipinski definition) is 1. The van der Waals surface area contributed by atoms with E-state index in [0.29, 0.717) is 5.92 Å². The number of aryl methyl sites for hydroxylation is 1. The van der Waals surface area contributed by atoms with Gasteiger partial charge < -0.3 is 14.6 Å². The Kier molecular flexibility index (Phi) is 6.19. The predicted molar refractivity (Wildman–Crippen MR) is 127 cm³/mol. The molecule has 7 nitrogen and oxygen atoms in total. The molecule has 0 radical (unpaired) electrons. The van der Waals surface area contributed by atoms with Gasteiger partial charge in [-0.2, -0.15) is 0 Å². The molecule has 1 fully saturated rings. The molecular formula is C25H32N6O. The van der Waals surface area contributed by atoms with Gasteiger partial charge in [0.05, 0.1) is 24.6 Å². The molecule has 0 bridgehead atoms. The highest BCUT2D eigenvalue weighted by atomic mass is 16.5. The molecule has 168 valence electrons. The Morgan fingerprint density at radius 3 is 2.84 bits per heavy atom. The highest BCUT2D eigenvalue weighted by molar-refractivity contribution is 5.78. The van der Waals surface area contributed by atoms with Crippen LogP contribution in [-0.4, -0.2) is 63.8 Å². The standard InChI is InChI=1S/C25H32N6O/c1-18-5-4-11-31-24(23(29-25(18)31)21-7-3-6-19(2)28-21)20-8-9-26-22(17-20)27-10-12-30-13-15-32-16-14-30/h3,6-9,17-18H,4-5,10-16H2,1-2H3,(H,26,27)/t18-/m0/s1. The van der Waals surface area contributed by atoms with Crippen molar-refractivity contribution in [3.05, 3.63) is 48.0 Å². The molecule has 5 rings (SSSR count). The van der Waals surface area contributed by atoms with Crippen LogP contribution in [0.25, 0.3) is 22.6 Å². The Bertz CT molecular complexity index is 1070. The third-order valence-electron chi connectivity index (χ3n) is 6.46. The average molecular weight is 433 g/mol. The van der Waals surface area contributed by atoms with Gasteiger partial charge in [0.15, 0.2) is 0 Å². The van der Waals surface area contributed by atoms with Crippen molar-refractivity contribution in [3.63, 3.8) is 0 Å². The second-order valence-electron chi connectivity index (χ2n) is 8.84. The summed E-state index contributed by atoms with van der Waals surface area (Å²) in [6, 6.07) is 10.4. The quantitative estimate of drug-likeness (QED) is 0.636. The summed E-state index contributed by atoms with van der Waals surface area (Å²) >= 11 is 0. The smallest absolute Gasteiger partial charge is 0.126 e. The van der Waals surface area contributed by atoms with Crippen molar-refractivity contribution in [2.75, 3.05) is 44.7 Å². The van der Waals surface area contributed by atoms with Crippen molar-refractivity contribution < 1.29 is 4.74 Å².